The van der Waals surface area contributed by atoms with E-state index in [0.717, 1.165) is 33.4 Å². The van der Waals surface area contributed by atoms with Crippen molar-refractivity contribution in [1.29, 1.82) is 0 Å². The van der Waals surface area contributed by atoms with Gasteiger partial charge < -0.3 is 59.2 Å². The summed E-state index contributed by atoms with van der Waals surface area (Å²) in [5, 5.41) is 0. The molecule has 12 N–H and O–H groups in total. The van der Waals surface area contributed by atoms with Gasteiger partial charge >= 0.3 is 66.2 Å². The molecule has 0 unspecified atom stereocenters. The zero-order chi connectivity index (χ0) is 78.1. The normalized spacial score (nSPS) is 13.9. The number of benzene rings is 10. The first-order valence-corrected chi connectivity index (χ1v) is 30.8. The molecule has 10 aromatic rings. The van der Waals surface area contributed by atoms with Crippen LogP contribution in [-0.2, 0) is 66.2 Å². The molecule has 0 heterocycles. The molecule has 0 radical (unpaired) electrons. The van der Waals surface area contributed by atoms with Crippen molar-refractivity contribution in [3.05, 3.63) is 333 Å². The van der Waals surface area contributed by atoms with Gasteiger partial charge in [-0.25, -0.2) is 0 Å². The zero-order valence-corrected chi connectivity index (χ0v) is 57.5. The summed E-state index contributed by atoms with van der Waals surface area (Å²) in [6.07, 6.45) is -54.8. The van der Waals surface area contributed by atoms with Gasteiger partial charge in [-0.1, -0.05) is 231 Å². The Morgan fingerprint density at radius 1 is 0.185 bits per heavy atom. The molecule has 580 valence electrons. The van der Waals surface area contributed by atoms with Crippen LogP contribution in [0.3, 0.4) is 0 Å². The summed E-state index contributed by atoms with van der Waals surface area (Å²) in [5.74, 6) is 0. The van der Waals surface area contributed by atoms with Gasteiger partial charge in [-0.2, -0.15) is 127 Å². The molecule has 0 bridgehead atoms. The molecule has 6 nitrogen and oxygen atoms in total. The third-order valence-electron chi connectivity index (χ3n) is 16.7. The average molecular weight is 1630 g/mol. The van der Waals surface area contributed by atoms with Crippen LogP contribution in [0.1, 0.15) is 114 Å². The first kappa shape index (κ1) is 91.8. The Morgan fingerprint density at radius 2 is 0.287 bits per heavy atom. The van der Waals surface area contributed by atoms with Crippen LogP contribution in [0.5, 0.6) is 0 Å². The number of rotatable bonds is 13. The summed E-state index contributed by atoms with van der Waals surface area (Å²) in [4.78, 5) is 0. The molecule has 0 saturated heterocycles. The molecule has 6 atom stereocenters. The van der Waals surface area contributed by atoms with Crippen molar-refractivity contribution in [2.45, 2.75) is 85.7 Å². The fraction of sp³-hybridized carbons (Fsp3) is 0.189. The van der Waals surface area contributed by atoms with Crippen molar-refractivity contribution in [1.82, 2.24) is 0 Å². The predicted octanol–water partition coefficient (Wildman–Crippen LogP) is 12.4. The van der Waals surface area contributed by atoms with Crippen LogP contribution in [0.2, 0.25) is 0 Å². The van der Waals surface area contributed by atoms with Crippen molar-refractivity contribution < 1.29 is 147 Å². The maximum absolute atomic E-state index is 14.2. The van der Waals surface area contributed by atoms with Gasteiger partial charge in [-0.15, -0.1) is 0 Å². The monoisotopic (exact) mass is 1630 g/mol. The van der Waals surface area contributed by atoms with E-state index in [1.54, 1.807) is 0 Å². The second-order valence-electron chi connectivity index (χ2n) is 23.8. The molecule has 0 amide bonds. The minimum absolute atomic E-state index is 0. The summed E-state index contributed by atoms with van der Waals surface area (Å²) in [7, 11) is 0. The molecule has 108 heavy (non-hydrogen) atoms. The molecule has 10 rings (SSSR count). The van der Waals surface area contributed by atoms with Crippen LogP contribution in [0.4, 0.5) is 105 Å². The molecule has 0 saturated carbocycles. The van der Waals surface area contributed by atoms with E-state index >= 15 is 0 Å². The third-order valence-corrected chi connectivity index (χ3v) is 16.7. The Kier molecular flexibility index (Phi) is 31.3. The Balaban J connectivity index is 0.000000384. The standard InChI is InChI=1S/C32H12BF24.3C14H16N2.2ClH.Co/c34-25(35,36)13-1-14(26(37,38)39)6-21(5-13)33(22-7-15(27(40,41)42)2-16(8-22)28(43,44)45,23-9-17(29(46,47)48)3-18(10-23)30(49,50)51)24-11-19(31(52,53)54)4-20(12-24)32(55,56)57;3*15-13(11-7-3-1-4-8-11)14(16)12-9-5-2-6-10-12;;;/h1-12H;3*1-10,13-14H,15-16H2;2*1H;/q-1;;;;;;+3/p-2/t;3*13-,14-;;;/m.000.../s1. The van der Waals surface area contributed by atoms with E-state index in [4.69, 9.17) is 34.4 Å². The molecule has 34 heteroatoms. The van der Waals surface area contributed by atoms with Gasteiger partial charge in [0.2, 0.25) is 0 Å². The van der Waals surface area contributed by atoms with Gasteiger partial charge in [0.05, 0.1) is 44.5 Å². The van der Waals surface area contributed by atoms with Crippen molar-refractivity contribution in [3.8, 4) is 0 Å². The largest absolute Gasteiger partial charge is 3.00 e. The molecule has 0 aliphatic rings. The molecule has 0 aliphatic heterocycles. The first-order chi connectivity index (χ1) is 48.6. The fourth-order valence-electron chi connectivity index (χ4n) is 11.4. The number of nitrogens with two attached hydrogens (primary N) is 6. The Hall–Kier alpha value is -8.57. The Bertz CT molecular complexity index is 3670. The second kappa shape index (κ2) is 36.8. The van der Waals surface area contributed by atoms with E-state index in [2.05, 4.69) is 0 Å². The van der Waals surface area contributed by atoms with Crippen molar-refractivity contribution >= 4 is 28.0 Å². The van der Waals surface area contributed by atoms with Gasteiger partial charge in [-0.05, 0) is 57.6 Å². The summed E-state index contributed by atoms with van der Waals surface area (Å²) in [6.45, 7) is 0. The summed E-state index contributed by atoms with van der Waals surface area (Å²) < 4.78 is 341. The first-order valence-electron chi connectivity index (χ1n) is 30.8. The van der Waals surface area contributed by atoms with Gasteiger partial charge in [-0.3, -0.25) is 0 Å². The van der Waals surface area contributed by atoms with Crippen molar-refractivity contribution in [2.24, 2.45) is 34.4 Å². The van der Waals surface area contributed by atoms with E-state index in [1.807, 2.05) is 182 Å². The average Bonchev–Trinajstić information content (AvgIpc) is 0.707. The van der Waals surface area contributed by atoms with Crippen molar-refractivity contribution in [2.75, 3.05) is 0 Å². The molecular formula is C74H60BCl2CoF24N6. The van der Waals surface area contributed by atoms with Crippen LogP contribution < -0.4 is 81.1 Å². The minimum Gasteiger partial charge on any atom is -1.00 e. The maximum atomic E-state index is 14.2. The molecule has 10 aromatic carbocycles. The number of hydrogen-bond donors (Lipinski definition) is 6. The van der Waals surface area contributed by atoms with Gasteiger partial charge in [0.15, 0.2) is 0 Å². The summed E-state index contributed by atoms with van der Waals surface area (Å²) in [6, 6.07) is 49.9. The zero-order valence-electron chi connectivity index (χ0n) is 54.9. The summed E-state index contributed by atoms with van der Waals surface area (Å²) in [5.41, 5.74) is 13.1. The van der Waals surface area contributed by atoms with Gasteiger partial charge in [0.25, 0.3) is 0 Å². The minimum atomic E-state index is -6.13. The maximum Gasteiger partial charge on any atom is 3.00 e. The van der Waals surface area contributed by atoms with E-state index in [0.29, 0.717) is 0 Å². The van der Waals surface area contributed by atoms with E-state index in [1.165, 1.54) is 0 Å². The topological polar surface area (TPSA) is 156 Å². The predicted molar refractivity (Wildman–Crippen MR) is 350 cm³/mol. The van der Waals surface area contributed by atoms with Gasteiger partial charge in [0, 0.05) is 36.3 Å². The molecule has 0 aliphatic carbocycles. The number of hydrogen-bond acceptors (Lipinski definition) is 6. The summed E-state index contributed by atoms with van der Waals surface area (Å²) >= 11 is 0. The van der Waals surface area contributed by atoms with Crippen LogP contribution in [-0.4, -0.2) is 6.15 Å². The molecule has 0 fully saturated rings. The quantitative estimate of drug-likeness (QED) is 0.0499. The van der Waals surface area contributed by atoms with Gasteiger partial charge in [0.1, 0.15) is 6.15 Å². The smallest absolute Gasteiger partial charge is 1.00 e. The third kappa shape index (κ3) is 23.7. The van der Waals surface area contributed by atoms with Crippen LogP contribution >= 0.6 is 0 Å². The Labute approximate surface area is 624 Å². The SMILES string of the molecule is FC(F)(F)c1cc([B-](c2cc(C(F)(F)F)cc(C(F)(F)F)c2)(c2cc(C(F)(F)F)cc(C(F)(F)F)c2)c2cc(C(F)(F)F)cc(C(F)(F)F)c2)cc(C(F)(F)F)c1.N[C@@H](c1ccccc1)[C@@H](N)c1ccccc1.N[C@@H](c1ccccc1)[C@@H](N)c1ccccc1.N[C@@H](c1ccccc1)[C@@H](N)c1ccccc1.[Cl-].[Cl-].[Co+3]. The molecule has 0 aromatic heterocycles. The van der Waals surface area contributed by atoms with E-state index < -0.39 is 195 Å². The van der Waals surface area contributed by atoms with Crippen molar-refractivity contribution in [3.63, 3.8) is 0 Å². The Morgan fingerprint density at radius 3 is 0.380 bits per heavy atom. The van der Waals surface area contributed by atoms with E-state index in [-0.39, 0.29) is 77.8 Å². The fourth-order valence-corrected chi connectivity index (χ4v) is 11.4. The van der Waals surface area contributed by atoms with E-state index in [9.17, 15) is 105 Å². The number of halogens is 26. The van der Waals surface area contributed by atoms with Crippen LogP contribution in [0.15, 0.2) is 255 Å². The molecule has 0 spiro atoms. The van der Waals surface area contributed by atoms with Crippen LogP contribution in [0.25, 0.3) is 0 Å². The second-order valence-corrected chi connectivity index (χ2v) is 23.8. The number of alkyl halides is 24. The molecular weight excluding hydrogens is 1570 g/mol. The van der Waals surface area contributed by atoms with Crippen LogP contribution in [0, 0.1) is 0 Å².